The van der Waals surface area contributed by atoms with Crippen LogP contribution in [0.4, 0.5) is 0 Å². The summed E-state index contributed by atoms with van der Waals surface area (Å²) in [5, 5.41) is 20.2. The van der Waals surface area contributed by atoms with Gasteiger partial charge in [0.05, 0.1) is 41.5 Å². The van der Waals surface area contributed by atoms with Crippen molar-refractivity contribution in [2.45, 2.75) is 58.0 Å². The van der Waals surface area contributed by atoms with Crippen LogP contribution in [0.15, 0.2) is 54.7 Å². The van der Waals surface area contributed by atoms with E-state index < -0.39 is 8.07 Å². The maximum Gasteiger partial charge on any atom is 0.140 e. The van der Waals surface area contributed by atoms with Crippen LogP contribution < -0.4 is 4.74 Å². The van der Waals surface area contributed by atoms with E-state index in [1.165, 1.54) is 0 Å². The molecule has 0 bridgehead atoms. The molecular formula is C26H32N4O3Si. The van der Waals surface area contributed by atoms with Crippen LogP contribution in [-0.2, 0) is 18.1 Å². The van der Waals surface area contributed by atoms with Gasteiger partial charge in [-0.3, -0.25) is 0 Å². The molecular weight excluding hydrogens is 444 g/mol. The van der Waals surface area contributed by atoms with E-state index in [4.69, 9.17) is 14.6 Å². The van der Waals surface area contributed by atoms with E-state index in [2.05, 4.69) is 24.7 Å². The molecule has 2 aromatic carbocycles. The van der Waals surface area contributed by atoms with Gasteiger partial charge in [0.2, 0.25) is 0 Å². The maximum atomic E-state index is 9.85. The summed E-state index contributed by atoms with van der Waals surface area (Å²) in [5.41, 5.74) is 4.34. The van der Waals surface area contributed by atoms with Crippen molar-refractivity contribution in [2.75, 3.05) is 6.61 Å². The summed E-state index contributed by atoms with van der Waals surface area (Å²) >= 11 is 0. The molecule has 5 rings (SSSR count). The fraction of sp³-hybridized carbons (Fsp3) is 0.385. The average molecular weight is 477 g/mol. The van der Waals surface area contributed by atoms with Gasteiger partial charge in [0.15, 0.2) is 0 Å². The Kier molecular flexibility index (Phi) is 6.29. The van der Waals surface area contributed by atoms with Crippen LogP contribution in [0, 0.1) is 0 Å². The molecule has 0 unspecified atom stereocenters. The Bertz CT molecular complexity index is 1290. The first-order chi connectivity index (χ1) is 16.4. The highest BCUT2D eigenvalue weighted by Crippen LogP contribution is 2.32. The van der Waals surface area contributed by atoms with Crippen molar-refractivity contribution in [3.05, 3.63) is 60.4 Å². The van der Waals surface area contributed by atoms with Gasteiger partial charge in [-0.05, 0) is 43.2 Å². The van der Waals surface area contributed by atoms with E-state index in [1.54, 1.807) is 0 Å². The molecule has 0 radical (unpaired) electrons. The second kappa shape index (κ2) is 9.36. The van der Waals surface area contributed by atoms with Gasteiger partial charge in [-0.25, -0.2) is 9.36 Å². The minimum Gasteiger partial charge on any atom is -0.490 e. The summed E-state index contributed by atoms with van der Waals surface area (Å²) in [6.07, 6.45) is 4.42. The lowest BCUT2D eigenvalue weighted by Crippen LogP contribution is -2.22. The summed E-state index contributed by atoms with van der Waals surface area (Å²) in [5.74, 6) is 0.859. The molecule has 34 heavy (non-hydrogen) atoms. The van der Waals surface area contributed by atoms with Crippen molar-refractivity contribution in [1.29, 1.82) is 0 Å². The molecule has 0 saturated heterocycles. The number of benzene rings is 2. The summed E-state index contributed by atoms with van der Waals surface area (Å²) in [6.45, 7) is 8.03. The summed E-state index contributed by atoms with van der Waals surface area (Å²) < 4.78 is 15.8. The zero-order chi connectivity index (χ0) is 23.7. The van der Waals surface area contributed by atoms with Crippen molar-refractivity contribution >= 4 is 19.0 Å². The zero-order valence-corrected chi connectivity index (χ0v) is 21.1. The van der Waals surface area contributed by atoms with Gasteiger partial charge >= 0.3 is 0 Å². The number of hydrogen-bond acceptors (Lipinski definition) is 5. The molecule has 0 spiro atoms. The normalized spacial score (nSPS) is 14.1. The molecule has 1 aliphatic rings. The molecule has 8 heteroatoms. The van der Waals surface area contributed by atoms with E-state index >= 15 is 0 Å². The zero-order valence-electron chi connectivity index (χ0n) is 20.1. The third-order valence-electron chi connectivity index (χ3n) is 5.96. The Hall–Kier alpha value is -2.94. The molecule has 0 atom stereocenters. The van der Waals surface area contributed by atoms with E-state index in [0.29, 0.717) is 18.5 Å². The Morgan fingerprint density at radius 2 is 1.91 bits per heavy atom. The minimum atomic E-state index is -1.16. The number of aliphatic hydroxyl groups excluding tert-OH is 1. The highest BCUT2D eigenvalue weighted by atomic mass is 28.3. The average Bonchev–Trinajstić information content (AvgIpc) is 3.37. The number of fused-ring (bicyclic) bond motifs is 1. The van der Waals surface area contributed by atoms with E-state index in [1.807, 2.05) is 64.1 Å². The number of nitrogens with zero attached hydrogens (tertiary/aromatic N) is 4. The molecule has 1 fully saturated rings. The van der Waals surface area contributed by atoms with Crippen molar-refractivity contribution in [1.82, 2.24) is 19.6 Å². The predicted octanol–water partition coefficient (Wildman–Crippen LogP) is 5.23. The van der Waals surface area contributed by atoms with Gasteiger partial charge in [-0.1, -0.05) is 43.9 Å². The van der Waals surface area contributed by atoms with Gasteiger partial charge < -0.3 is 14.6 Å². The first-order valence-electron chi connectivity index (χ1n) is 11.9. The first kappa shape index (κ1) is 22.8. The molecule has 7 nitrogen and oxygen atoms in total. The van der Waals surface area contributed by atoms with E-state index in [0.717, 1.165) is 59.1 Å². The van der Waals surface area contributed by atoms with Gasteiger partial charge in [-0.15, -0.1) is 0 Å². The minimum absolute atomic E-state index is 0.132. The number of ether oxygens (including phenoxy) is 2. The third-order valence-corrected chi connectivity index (χ3v) is 7.66. The molecule has 0 amide bonds. The second-order valence-corrected chi connectivity index (χ2v) is 15.8. The first-order valence-corrected chi connectivity index (χ1v) is 15.6. The van der Waals surface area contributed by atoms with Gasteiger partial charge in [0.1, 0.15) is 12.5 Å². The predicted molar refractivity (Wildman–Crippen MR) is 136 cm³/mol. The van der Waals surface area contributed by atoms with Crippen LogP contribution >= 0.6 is 0 Å². The van der Waals surface area contributed by atoms with Crippen LogP contribution in [0.3, 0.4) is 0 Å². The summed E-state index contributed by atoms with van der Waals surface area (Å²) in [4.78, 5) is 0. The highest BCUT2D eigenvalue weighted by molar-refractivity contribution is 6.76. The molecule has 2 aromatic heterocycles. The number of para-hydroxylation sites is 1. The smallest absolute Gasteiger partial charge is 0.140 e. The van der Waals surface area contributed by atoms with Crippen molar-refractivity contribution in [2.24, 2.45) is 0 Å². The van der Waals surface area contributed by atoms with Crippen molar-refractivity contribution in [3.8, 4) is 22.7 Å². The second-order valence-electron chi connectivity index (χ2n) is 10.1. The van der Waals surface area contributed by atoms with Crippen molar-refractivity contribution < 1.29 is 14.6 Å². The SMILES string of the molecule is C[Si](C)(C)CCOCn1ncc2cccc(-n3nc(CO)cc3-c3cccc(OC4CC4)c3)c21. The monoisotopic (exact) mass is 476 g/mol. The van der Waals surface area contributed by atoms with E-state index in [-0.39, 0.29) is 6.61 Å². The fourth-order valence-corrected chi connectivity index (χ4v) is 4.68. The van der Waals surface area contributed by atoms with Crippen LogP contribution in [0.2, 0.25) is 25.7 Å². The van der Waals surface area contributed by atoms with Crippen LogP contribution in [0.25, 0.3) is 27.8 Å². The number of hydrogen-bond donors (Lipinski definition) is 1. The number of aliphatic hydroxyl groups is 1. The number of rotatable bonds is 10. The topological polar surface area (TPSA) is 74.3 Å². The molecule has 2 heterocycles. The summed E-state index contributed by atoms with van der Waals surface area (Å²) in [7, 11) is -1.16. The molecule has 178 valence electrons. The highest BCUT2D eigenvalue weighted by Gasteiger charge is 2.24. The lowest BCUT2D eigenvalue weighted by molar-refractivity contribution is 0.0817. The Morgan fingerprint density at radius 3 is 2.68 bits per heavy atom. The Balaban J connectivity index is 1.51. The third kappa shape index (κ3) is 5.09. The van der Waals surface area contributed by atoms with Crippen LogP contribution in [0.5, 0.6) is 5.75 Å². The maximum absolute atomic E-state index is 9.85. The Morgan fingerprint density at radius 1 is 1.09 bits per heavy atom. The molecule has 0 aliphatic heterocycles. The van der Waals surface area contributed by atoms with Gasteiger partial charge in [-0.2, -0.15) is 10.2 Å². The van der Waals surface area contributed by atoms with Crippen LogP contribution in [0.1, 0.15) is 18.5 Å². The molecule has 4 aromatic rings. The Labute approximate surface area is 200 Å². The molecule has 1 N–H and O–H groups in total. The molecule has 1 aliphatic carbocycles. The lowest BCUT2D eigenvalue weighted by atomic mass is 10.1. The number of aromatic nitrogens is 4. The van der Waals surface area contributed by atoms with Crippen molar-refractivity contribution in [3.63, 3.8) is 0 Å². The summed E-state index contributed by atoms with van der Waals surface area (Å²) in [6, 6.07) is 17.2. The largest absolute Gasteiger partial charge is 0.490 e. The van der Waals surface area contributed by atoms with E-state index in [9.17, 15) is 5.11 Å². The van der Waals surface area contributed by atoms with Gasteiger partial charge in [0, 0.05) is 25.6 Å². The fourth-order valence-electron chi connectivity index (χ4n) is 3.93. The molecule has 1 saturated carbocycles. The van der Waals surface area contributed by atoms with Gasteiger partial charge in [0.25, 0.3) is 0 Å². The lowest BCUT2D eigenvalue weighted by Gasteiger charge is -2.16. The van der Waals surface area contributed by atoms with Crippen LogP contribution in [-0.4, -0.2) is 45.5 Å². The quantitative estimate of drug-likeness (QED) is 0.250. The standard InChI is InChI=1S/C26H32N4O3Si/c1-34(2,3)13-12-32-18-29-26-20(16-27-29)7-5-9-24(26)30-25(15-21(17-31)28-30)19-6-4-8-23(14-19)33-22-10-11-22/h4-9,14-16,22,31H,10-13,17-18H2,1-3H3.